The molecule has 0 saturated heterocycles. The second-order valence-corrected chi connectivity index (χ2v) is 4.93. The smallest absolute Gasteiger partial charge is 0.269 e. The van der Waals surface area contributed by atoms with Crippen molar-refractivity contribution in [3.8, 4) is 11.1 Å². The van der Waals surface area contributed by atoms with Gasteiger partial charge in [0.1, 0.15) is 0 Å². The van der Waals surface area contributed by atoms with Crippen LogP contribution in [0, 0.1) is 0 Å². The van der Waals surface area contributed by atoms with Gasteiger partial charge in [-0.05, 0) is 35.5 Å². The molecule has 2 aromatic rings. The molecular formula is C17H17N3OS. The van der Waals surface area contributed by atoms with Crippen molar-refractivity contribution in [3.63, 3.8) is 0 Å². The molecule has 2 rings (SSSR count). The predicted molar refractivity (Wildman–Crippen MR) is 93.3 cm³/mol. The minimum Gasteiger partial charge on any atom is -0.358 e. The second kappa shape index (κ2) is 7.95. The predicted octanol–water partition coefficient (Wildman–Crippen LogP) is 2.65. The number of carbonyl (C=O) groups excluding carboxylic acids is 1. The molecule has 0 aliphatic heterocycles. The maximum Gasteiger partial charge on any atom is 0.269 e. The first-order chi connectivity index (χ1) is 10.7. The standard InChI is InChI=1S/C17H17N3OS/c1-2-12-18-17(22)20-19-16(21)15-10-8-14(9-11-15)13-6-4-3-5-7-13/h2-11H,1,12H2,(H,19,21)(H2,18,20,22). The molecule has 0 unspecified atom stereocenters. The number of hydrogen-bond donors (Lipinski definition) is 3. The topological polar surface area (TPSA) is 53.2 Å². The van der Waals surface area contributed by atoms with Gasteiger partial charge < -0.3 is 5.32 Å². The van der Waals surface area contributed by atoms with E-state index in [0.29, 0.717) is 17.2 Å². The minimum atomic E-state index is -0.248. The number of nitrogens with one attached hydrogen (secondary N) is 3. The van der Waals surface area contributed by atoms with E-state index < -0.39 is 0 Å². The summed E-state index contributed by atoms with van der Waals surface area (Å²) in [5, 5.41) is 3.20. The molecular weight excluding hydrogens is 294 g/mol. The van der Waals surface area contributed by atoms with E-state index in [4.69, 9.17) is 12.2 Å². The summed E-state index contributed by atoms with van der Waals surface area (Å²) in [7, 11) is 0. The van der Waals surface area contributed by atoms with Crippen LogP contribution in [0.4, 0.5) is 0 Å². The molecule has 0 fully saturated rings. The molecule has 3 N–H and O–H groups in total. The zero-order valence-corrected chi connectivity index (χ0v) is 12.8. The van der Waals surface area contributed by atoms with E-state index in [1.54, 1.807) is 18.2 Å². The molecule has 112 valence electrons. The molecule has 0 atom stereocenters. The van der Waals surface area contributed by atoms with Gasteiger partial charge in [-0.2, -0.15) is 0 Å². The first kappa shape index (κ1) is 15.7. The molecule has 4 nitrogen and oxygen atoms in total. The van der Waals surface area contributed by atoms with Gasteiger partial charge in [0.05, 0.1) is 0 Å². The summed E-state index contributed by atoms with van der Waals surface area (Å²) in [5.41, 5.74) is 7.91. The summed E-state index contributed by atoms with van der Waals surface area (Å²) >= 11 is 4.99. The van der Waals surface area contributed by atoms with Crippen LogP contribution in [0.1, 0.15) is 10.4 Å². The third kappa shape index (κ3) is 4.43. The number of carbonyl (C=O) groups is 1. The fraction of sp³-hybridized carbons (Fsp3) is 0.0588. The van der Waals surface area contributed by atoms with Gasteiger partial charge in [-0.1, -0.05) is 48.5 Å². The third-order valence-corrected chi connectivity index (χ3v) is 3.20. The Bertz CT molecular complexity index is 653. The molecule has 5 heteroatoms. The van der Waals surface area contributed by atoms with E-state index in [1.807, 2.05) is 42.5 Å². The molecule has 0 aliphatic carbocycles. The largest absolute Gasteiger partial charge is 0.358 e. The Kier molecular flexibility index (Phi) is 5.68. The molecule has 1 amide bonds. The lowest BCUT2D eigenvalue weighted by Crippen LogP contribution is -2.46. The zero-order valence-electron chi connectivity index (χ0n) is 12.0. The first-order valence-electron chi connectivity index (χ1n) is 6.81. The highest BCUT2D eigenvalue weighted by Gasteiger charge is 2.06. The van der Waals surface area contributed by atoms with Gasteiger partial charge in [-0.15, -0.1) is 6.58 Å². The van der Waals surface area contributed by atoms with Gasteiger partial charge in [0.25, 0.3) is 5.91 Å². The summed E-state index contributed by atoms with van der Waals surface area (Å²) in [5.74, 6) is -0.248. The Morgan fingerprint density at radius 1 is 1.00 bits per heavy atom. The monoisotopic (exact) mass is 311 g/mol. The Hall–Kier alpha value is -2.66. The lowest BCUT2D eigenvalue weighted by molar-refractivity contribution is 0.0943. The van der Waals surface area contributed by atoms with E-state index in [0.717, 1.165) is 11.1 Å². The van der Waals surface area contributed by atoms with Gasteiger partial charge >= 0.3 is 0 Å². The molecule has 0 aliphatic rings. The van der Waals surface area contributed by atoms with Crippen molar-refractivity contribution in [1.82, 2.24) is 16.2 Å². The van der Waals surface area contributed by atoms with E-state index in [2.05, 4.69) is 22.7 Å². The van der Waals surface area contributed by atoms with E-state index in [1.165, 1.54) is 0 Å². The van der Waals surface area contributed by atoms with Crippen LogP contribution in [0.3, 0.4) is 0 Å². The quantitative estimate of drug-likeness (QED) is 0.462. The maximum atomic E-state index is 12.0. The van der Waals surface area contributed by atoms with Gasteiger partial charge in [0.2, 0.25) is 0 Å². The highest BCUT2D eigenvalue weighted by atomic mass is 32.1. The van der Waals surface area contributed by atoms with Gasteiger partial charge in [0.15, 0.2) is 5.11 Å². The Morgan fingerprint density at radius 2 is 1.64 bits per heavy atom. The number of amides is 1. The Balaban J connectivity index is 1.94. The van der Waals surface area contributed by atoms with Crippen LogP contribution in [0.5, 0.6) is 0 Å². The molecule has 2 aromatic carbocycles. The van der Waals surface area contributed by atoms with Crippen LogP contribution < -0.4 is 16.2 Å². The van der Waals surface area contributed by atoms with Crippen LogP contribution in [0.25, 0.3) is 11.1 Å². The van der Waals surface area contributed by atoms with Crippen molar-refractivity contribution in [2.45, 2.75) is 0 Å². The van der Waals surface area contributed by atoms with Crippen LogP contribution >= 0.6 is 12.2 Å². The number of hydrazine groups is 1. The first-order valence-corrected chi connectivity index (χ1v) is 7.22. The van der Waals surface area contributed by atoms with Crippen molar-refractivity contribution in [1.29, 1.82) is 0 Å². The lowest BCUT2D eigenvalue weighted by atomic mass is 10.0. The summed E-state index contributed by atoms with van der Waals surface area (Å²) in [4.78, 5) is 12.0. The van der Waals surface area contributed by atoms with Crippen molar-refractivity contribution in [3.05, 3.63) is 72.8 Å². The molecule has 0 spiro atoms. The average molecular weight is 311 g/mol. The van der Waals surface area contributed by atoms with Crippen molar-refractivity contribution in [2.24, 2.45) is 0 Å². The van der Waals surface area contributed by atoms with Crippen molar-refractivity contribution in [2.75, 3.05) is 6.54 Å². The van der Waals surface area contributed by atoms with E-state index in [-0.39, 0.29) is 5.91 Å². The second-order valence-electron chi connectivity index (χ2n) is 4.52. The van der Waals surface area contributed by atoms with Crippen LogP contribution in [-0.2, 0) is 0 Å². The van der Waals surface area contributed by atoms with Crippen molar-refractivity contribution < 1.29 is 4.79 Å². The fourth-order valence-electron chi connectivity index (χ4n) is 1.84. The van der Waals surface area contributed by atoms with Crippen LogP contribution in [-0.4, -0.2) is 17.6 Å². The highest BCUT2D eigenvalue weighted by Crippen LogP contribution is 2.19. The third-order valence-electron chi connectivity index (χ3n) is 2.95. The van der Waals surface area contributed by atoms with Crippen LogP contribution in [0.15, 0.2) is 67.3 Å². The number of hydrogen-bond acceptors (Lipinski definition) is 2. The molecule has 0 saturated carbocycles. The number of benzene rings is 2. The Morgan fingerprint density at radius 3 is 2.27 bits per heavy atom. The number of rotatable bonds is 4. The average Bonchev–Trinajstić information content (AvgIpc) is 2.58. The summed E-state index contributed by atoms with van der Waals surface area (Å²) in [6.45, 7) is 4.11. The zero-order chi connectivity index (χ0) is 15.8. The fourth-order valence-corrected chi connectivity index (χ4v) is 1.97. The molecule has 0 heterocycles. The highest BCUT2D eigenvalue weighted by molar-refractivity contribution is 7.80. The summed E-state index contributed by atoms with van der Waals surface area (Å²) in [6, 6.07) is 17.4. The molecule has 0 aromatic heterocycles. The van der Waals surface area contributed by atoms with Gasteiger partial charge in [0, 0.05) is 12.1 Å². The summed E-state index contributed by atoms with van der Waals surface area (Å²) < 4.78 is 0. The molecule has 0 bridgehead atoms. The maximum absolute atomic E-state index is 12.0. The molecule has 22 heavy (non-hydrogen) atoms. The van der Waals surface area contributed by atoms with Crippen molar-refractivity contribution >= 4 is 23.2 Å². The SMILES string of the molecule is C=CCNC(=S)NNC(=O)c1ccc(-c2ccccc2)cc1. The number of thiocarbonyl (C=S) groups is 1. The van der Waals surface area contributed by atoms with Gasteiger partial charge in [-0.3, -0.25) is 15.6 Å². The summed E-state index contributed by atoms with van der Waals surface area (Å²) in [6.07, 6.45) is 1.68. The van der Waals surface area contributed by atoms with E-state index in [9.17, 15) is 4.79 Å². The van der Waals surface area contributed by atoms with Crippen LogP contribution in [0.2, 0.25) is 0 Å². The van der Waals surface area contributed by atoms with E-state index >= 15 is 0 Å². The minimum absolute atomic E-state index is 0.248. The molecule has 0 radical (unpaired) electrons. The lowest BCUT2D eigenvalue weighted by Gasteiger charge is -2.10. The normalized spacial score (nSPS) is 9.64. The van der Waals surface area contributed by atoms with Gasteiger partial charge in [-0.25, -0.2) is 0 Å². The Labute approximate surface area is 135 Å².